The van der Waals surface area contributed by atoms with Crippen LogP contribution in [0.5, 0.6) is 0 Å². The largest absolute Gasteiger partial charge is 0.345 e. The molecule has 3 amide bonds. The molecular formula is C16H23N3O2. The van der Waals surface area contributed by atoms with E-state index in [4.69, 9.17) is 0 Å². The van der Waals surface area contributed by atoms with Gasteiger partial charge in [-0.2, -0.15) is 0 Å². The van der Waals surface area contributed by atoms with Gasteiger partial charge < -0.3 is 15.1 Å². The molecule has 1 fully saturated rings. The lowest BCUT2D eigenvalue weighted by atomic mass is 10.0. The molecule has 0 unspecified atom stereocenters. The van der Waals surface area contributed by atoms with Gasteiger partial charge in [-0.3, -0.25) is 4.79 Å². The summed E-state index contributed by atoms with van der Waals surface area (Å²) in [5.74, 6) is 0. The Kier molecular flexibility index (Phi) is 5.20. The average Bonchev–Trinajstić information content (AvgIpc) is 2.56. The average molecular weight is 289 g/mol. The van der Waals surface area contributed by atoms with E-state index < -0.39 is 0 Å². The van der Waals surface area contributed by atoms with Crippen LogP contribution in [-0.4, -0.2) is 41.4 Å². The Morgan fingerprint density at radius 2 is 1.86 bits per heavy atom. The summed E-state index contributed by atoms with van der Waals surface area (Å²) in [7, 11) is 0. The zero-order valence-electron chi connectivity index (χ0n) is 12.7. The van der Waals surface area contributed by atoms with Gasteiger partial charge in [-0.15, -0.1) is 0 Å². The molecule has 1 aromatic carbocycles. The van der Waals surface area contributed by atoms with E-state index in [-0.39, 0.29) is 12.1 Å². The van der Waals surface area contributed by atoms with Gasteiger partial charge in [-0.25, -0.2) is 4.79 Å². The summed E-state index contributed by atoms with van der Waals surface area (Å²) in [4.78, 5) is 26.5. The molecule has 2 heterocycles. The number of hydrogen-bond donors (Lipinski definition) is 1. The van der Waals surface area contributed by atoms with Crippen LogP contribution in [0.4, 0.5) is 10.5 Å². The molecule has 0 atom stereocenters. The highest BCUT2D eigenvalue weighted by atomic mass is 16.2. The van der Waals surface area contributed by atoms with Crippen LogP contribution < -0.4 is 5.32 Å². The molecule has 2 aliphatic rings. The number of carbonyl (C=O) groups excluding carboxylic acids is 2. The SMILES string of the molecule is CC.O=CN1CCC(N2Cc3ccccc3NC2=O)CC1. The number of nitrogens with one attached hydrogen (secondary N) is 1. The van der Waals surface area contributed by atoms with Crippen LogP contribution in [0.1, 0.15) is 32.3 Å². The second kappa shape index (κ2) is 7.11. The number of para-hydroxylation sites is 1. The third-order valence-corrected chi connectivity index (χ3v) is 3.95. The molecule has 3 rings (SSSR count). The van der Waals surface area contributed by atoms with Crippen LogP contribution in [0.3, 0.4) is 0 Å². The van der Waals surface area contributed by atoms with Crippen molar-refractivity contribution in [3.8, 4) is 0 Å². The number of urea groups is 1. The van der Waals surface area contributed by atoms with Crippen LogP contribution in [0.15, 0.2) is 24.3 Å². The summed E-state index contributed by atoms with van der Waals surface area (Å²) in [6, 6.07) is 8.09. The molecule has 1 N–H and O–H groups in total. The fourth-order valence-electron chi connectivity index (χ4n) is 2.82. The number of likely N-dealkylation sites (tertiary alicyclic amines) is 1. The molecule has 1 aromatic rings. The van der Waals surface area contributed by atoms with E-state index in [0.717, 1.165) is 43.6 Å². The summed E-state index contributed by atoms with van der Waals surface area (Å²) in [5.41, 5.74) is 2.06. The molecule has 2 aliphatic heterocycles. The van der Waals surface area contributed by atoms with E-state index >= 15 is 0 Å². The van der Waals surface area contributed by atoms with E-state index in [1.807, 2.05) is 43.0 Å². The number of amides is 3. The highest BCUT2D eigenvalue weighted by molar-refractivity contribution is 5.92. The molecule has 0 spiro atoms. The molecule has 5 nitrogen and oxygen atoms in total. The molecule has 21 heavy (non-hydrogen) atoms. The van der Waals surface area contributed by atoms with E-state index in [9.17, 15) is 9.59 Å². The lowest BCUT2D eigenvalue weighted by molar-refractivity contribution is -0.119. The van der Waals surface area contributed by atoms with Crippen LogP contribution in [0.2, 0.25) is 0 Å². The van der Waals surface area contributed by atoms with Crippen molar-refractivity contribution in [2.75, 3.05) is 18.4 Å². The van der Waals surface area contributed by atoms with Gasteiger partial charge >= 0.3 is 6.03 Å². The first kappa shape index (κ1) is 15.4. The molecule has 114 valence electrons. The number of anilines is 1. The minimum Gasteiger partial charge on any atom is -0.345 e. The van der Waals surface area contributed by atoms with Gasteiger partial charge in [-0.05, 0) is 24.5 Å². The number of hydrogen-bond acceptors (Lipinski definition) is 2. The third-order valence-electron chi connectivity index (χ3n) is 3.95. The minimum absolute atomic E-state index is 0.0248. The standard InChI is InChI=1S/C14H17N3O2.C2H6/c18-10-16-7-5-12(6-8-16)17-9-11-3-1-2-4-13(11)15-14(17)19;1-2/h1-4,10,12H,5-9H2,(H,15,19);1-2H3. The molecule has 0 radical (unpaired) electrons. The van der Waals surface area contributed by atoms with Crippen molar-refractivity contribution in [3.05, 3.63) is 29.8 Å². The predicted octanol–water partition coefficient (Wildman–Crippen LogP) is 2.68. The smallest absolute Gasteiger partial charge is 0.322 e. The normalized spacial score (nSPS) is 18.3. The van der Waals surface area contributed by atoms with Crippen molar-refractivity contribution in [2.24, 2.45) is 0 Å². The first-order valence-electron chi connectivity index (χ1n) is 7.63. The first-order chi connectivity index (χ1) is 10.3. The molecule has 1 saturated heterocycles. The molecular weight excluding hydrogens is 266 g/mol. The highest BCUT2D eigenvalue weighted by Crippen LogP contribution is 2.27. The summed E-state index contributed by atoms with van der Waals surface area (Å²) in [6.45, 7) is 6.13. The van der Waals surface area contributed by atoms with Gasteiger partial charge in [0.15, 0.2) is 0 Å². The summed E-state index contributed by atoms with van der Waals surface area (Å²) < 4.78 is 0. The van der Waals surface area contributed by atoms with E-state index in [1.165, 1.54) is 0 Å². The summed E-state index contributed by atoms with van der Waals surface area (Å²) in [6.07, 6.45) is 2.60. The second-order valence-corrected chi connectivity index (χ2v) is 5.09. The zero-order chi connectivity index (χ0) is 15.2. The topological polar surface area (TPSA) is 52.7 Å². The number of benzene rings is 1. The van der Waals surface area contributed by atoms with Crippen molar-refractivity contribution >= 4 is 18.1 Å². The van der Waals surface area contributed by atoms with Gasteiger partial charge in [0.2, 0.25) is 6.41 Å². The second-order valence-electron chi connectivity index (χ2n) is 5.09. The Bertz CT molecular complexity index is 496. The Hall–Kier alpha value is -2.04. The molecule has 0 bridgehead atoms. The minimum atomic E-state index is -0.0248. The van der Waals surface area contributed by atoms with Crippen molar-refractivity contribution in [3.63, 3.8) is 0 Å². The third kappa shape index (κ3) is 3.35. The van der Waals surface area contributed by atoms with E-state index in [2.05, 4.69) is 5.32 Å². The lowest BCUT2D eigenvalue weighted by Crippen LogP contribution is -2.49. The van der Waals surface area contributed by atoms with Crippen molar-refractivity contribution < 1.29 is 9.59 Å². The molecule has 0 aliphatic carbocycles. The van der Waals surface area contributed by atoms with Gasteiger partial charge in [0.1, 0.15) is 0 Å². The molecule has 0 saturated carbocycles. The maximum absolute atomic E-state index is 12.1. The van der Waals surface area contributed by atoms with E-state index in [0.29, 0.717) is 6.54 Å². The van der Waals surface area contributed by atoms with E-state index in [1.54, 1.807) is 4.90 Å². The number of rotatable bonds is 2. The number of piperidine rings is 1. The lowest BCUT2D eigenvalue weighted by Gasteiger charge is -2.39. The maximum atomic E-state index is 12.1. The predicted molar refractivity (Wildman–Crippen MR) is 83.0 cm³/mol. The van der Waals surface area contributed by atoms with Crippen molar-refractivity contribution in [2.45, 2.75) is 39.3 Å². The monoisotopic (exact) mass is 289 g/mol. The summed E-state index contributed by atoms with van der Waals surface area (Å²) >= 11 is 0. The Morgan fingerprint density at radius 1 is 1.19 bits per heavy atom. The van der Waals surface area contributed by atoms with Crippen LogP contribution in [-0.2, 0) is 11.3 Å². The van der Waals surface area contributed by atoms with Crippen LogP contribution in [0.25, 0.3) is 0 Å². The number of carbonyl (C=O) groups is 2. The van der Waals surface area contributed by atoms with Gasteiger partial charge in [0.25, 0.3) is 0 Å². The summed E-state index contributed by atoms with van der Waals surface area (Å²) in [5, 5.41) is 2.94. The maximum Gasteiger partial charge on any atom is 0.322 e. The van der Waals surface area contributed by atoms with Gasteiger partial charge in [-0.1, -0.05) is 32.0 Å². The Morgan fingerprint density at radius 3 is 2.52 bits per heavy atom. The quantitative estimate of drug-likeness (QED) is 0.851. The van der Waals surface area contributed by atoms with Gasteiger partial charge in [0, 0.05) is 31.4 Å². The highest BCUT2D eigenvalue weighted by Gasteiger charge is 2.30. The number of fused-ring (bicyclic) bond motifs is 1. The fraction of sp³-hybridized carbons (Fsp3) is 0.500. The Balaban J connectivity index is 0.000000774. The van der Waals surface area contributed by atoms with Crippen LogP contribution in [0, 0.1) is 0 Å². The Labute approximate surface area is 125 Å². The van der Waals surface area contributed by atoms with Gasteiger partial charge in [0.05, 0.1) is 0 Å². The zero-order valence-corrected chi connectivity index (χ0v) is 12.7. The number of nitrogens with zero attached hydrogens (tertiary/aromatic N) is 2. The van der Waals surface area contributed by atoms with Crippen molar-refractivity contribution in [1.29, 1.82) is 0 Å². The van der Waals surface area contributed by atoms with Crippen molar-refractivity contribution in [1.82, 2.24) is 9.80 Å². The first-order valence-corrected chi connectivity index (χ1v) is 7.63. The molecule has 5 heteroatoms. The molecule has 0 aromatic heterocycles. The van der Waals surface area contributed by atoms with Crippen LogP contribution >= 0.6 is 0 Å². The fourth-order valence-corrected chi connectivity index (χ4v) is 2.82.